The van der Waals surface area contributed by atoms with Crippen LogP contribution in [0, 0.1) is 5.41 Å². The first-order valence-electron chi connectivity index (χ1n) is 11.5. The molecule has 0 atom stereocenters. The second-order valence-corrected chi connectivity index (χ2v) is 10.3. The van der Waals surface area contributed by atoms with Gasteiger partial charge in [0.25, 0.3) is 5.56 Å². The lowest BCUT2D eigenvalue weighted by Gasteiger charge is -2.39. The normalized spacial score (nSPS) is 19.1. The van der Waals surface area contributed by atoms with E-state index in [1.165, 1.54) is 10.9 Å². The summed E-state index contributed by atoms with van der Waals surface area (Å²) in [6.07, 6.45) is 5.81. The molecular weight excluding hydrogens is 456 g/mol. The van der Waals surface area contributed by atoms with E-state index < -0.39 is 5.60 Å². The summed E-state index contributed by atoms with van der Waals surface area (Å²) in [5.74, 6) is 0.180. The smallest absolute Gasteiger partial charge is 0.262 e. The van der Waals surface area contributed by atoms with Crippen molar-refractivity contribution >= 4 is 39.5 Å². The molecule has 1 aliphatic heterocycles. The number of benzene rings is 1. The predicted molar refractivity (Wildman–Crippen MR) is 128 cm³/mol. The second-order valence-electron chi connectivity index (χ2n) is 9.94. The Kier molecular flexibility index (Phi) is 4.70. The Labute approximate surface area is 200 Å². The number of nitrogens with zero attached hydrogens (tertiary/aromatic N) is 4. The molecule has 6 rings (SSSR count). The van der Waals surface area contributed by atoms with Crippen molar-refractivity contribution in [1.29, 1.82) is 0 Å². The summed E-state index contributed by atoms with van der Waals surface area (Å²) >= 11 is 6.52. The number of amides is 1. The van der Waals surface area contributed by atoms with E-state index in [1.807, 2.05) is 36.1 Å². The molecule has 0 spiro atoms. The van der Waals surface area contributed by atoms with Crippen molar-refractivity contribution in [3.05, 3.63) is 58.4 Å². The average Bonchev–Trinajstić information content (AvgIpc) is 3.25. The maximum Gasteiger partial charge on any atom is 0.262 e. The largest absolute Gasteiger partial charge is 0.464 e. The molecular formula is C25H25ClN4O4. The third-order valence-electron chi connectivity index (χ3n) is 7.40. The van der Waals surface area contributed by atoms with Crippen LogP contribution in [0.1, 0.15) is 32.6 Å². The number of aromatic nitrogens is 3. The number of fused-ring (bicyclic) bond motifs is 2. The molecule has 34 heavy (non-hydrogen) atoms. The molecule has 2 aliphatic rings. The number of halogens is 1. The Hall–Kier alpha value is -3.10. The minimum absolute atomic E-state index is 0.123. The van der Waals surface area contributed by atoms with E-state index >= 15 is 0 Å². The first-order valence-corrected chi connectivity index (χ1v) is 11.9. The van der Waals surface area contributed by atoms with Crippen molar-refractivity contribution < 1.29 is 14.3 Å². The van der Waals surface area contributed by atoms with Gasteiger partial charge in [0.1, 0.15) is 17.1 Å². The number of aliphatic hydroxyl groups is 1. The molecule has 1 aromatic carbocycles. The molecule has 1 aliphatic carbocycles. The fourth-order valence-electron chi connectivity index (χ4n) is 4.92. The third kappa shape index (κ3) is 3.44. The van der Waals surface area contributed by atoms with Gasteiger partial charge < -0.3 is 14.4 Å². The van der Waals surface area contributed by atoms with Crippen LogP contribution in [0.2, 0.25) is 5.15 Å². The second kappa shape index (κ2) is 7.45. The van der Waals surface area contributed by atoms with E-state index in [1.54, 1.807) is 16.9 Å². The summed E-state index contributed by atoms with van der Waals surface area (Å²) in [6.45, 7) is 3.11. The maximum atomic E-state index is 13.3. The summed E-state index contributed by atoms with van der Waals surface area (Å²) in [7, 11) is 0. The van der Waals surface area contributed by atoms with Crippen LogP contribution in [0.3, 0.4) is 0 Å². The molecule has 4 heterocycles. The first kappa shape index (κ1) is 21.4. The highest BCUT2D eigenvalue weighted by atomic mass is 35.5. The van der Waals surface area contributed by atoms with Crippen molar-refractivity contribution in [2.24, 2.45) is 5.41 Å². The Morgan fingerprint density at radius 2 is 1.94 bits per heavy atom. The zero-order valence-corrected chi connectivity index (χ0v) is 19.6. The summed E-state index contributed by atoms with van der Waals surface area (Å²) in [5.41, 5.74) is 0.457. The van der Waals surface area contributed by atoms with Crippen molar-refractivity contribution in [3.8, 4) is 5.69 Å². The summed E-state index contributed by atoms with van der Waals surface area (Å²) in [4.78, 5) is 32.3. The molecule has 1 amide bonds. The number of rotatable bonds is 4. The molecule has 1 saturated carbocycles. The lowest BCUT2D eigenvalue weighted by atomic mass is 9.90. The molecule has 0 unspecified atom stereocenters. The Bertz CT molecular complexity index is 1490. The van der Waals surface area contributed by atoms with E-state index in [-0.39, 0.29) is 23.4 Å². The highest BCUT2D eigenvalue weighted by molar-refractivity contribution is 6.31. The van der Waals surface area contributed by atoms with Gasteiger partial charge in [-0.3, -0.25) is 18.7 Å². The van der Waals surface area contributed by atoms with Crippen molar-refractivity contribution in [2.75, 3.05) is 13.1 Å². The van der Waals surface area contributed by atoms with Gasteiger partial charge in [-0.2, -0.15) is 0 Å². The number of carbonyl (C=O) groups is 1. The number of hydrogen-bond donors (Lipinski definition) is 1. The van der Waals surface area contributed by atoms with Crippen LogP contribution in [0.4, 0.5) is 0 Å². The van der Waals surface area contributed by atoms with Gasteiger partial charge in [0, 0.05) is 29.6 Å². The zero-order valence-electron chi connectivity index (χ0n) is 18.8. The number of hydrogen-bond acceptors (Lipinski definition) is 5. The molecule has 176 valence electrons. The van der Waals surface area contributed by atoms with Gasteiger partial charge in [0.2, 0.25) is 5.91 Å². The lowest BCUT2D eigenvalue weighted by molar-refractivity contribution is -0.141. The first-order chi connectivity index (χ1) is 16.3. The van der Waals surface area contributed by atoms with Gasteiger partial charge >= 0.3 is 0 Å². The van der Waals surface area contributed by atoms with E-state index in [4.69, 9.17) is 16.0 Å². The standard InChI is InChI=1S/C25H25ClN4O4/c1-24(5-6-24)23(32)28-9-7-25(33,8-10-28)14-29-15-27-21-18(22(29)31)13-20(26)30(21)17-2-3-19-16(12-17)4-11-34-19/h2-4,11-13,15,33H,5-10,14H2,1H3. The fraction of sp³-hybridized carbons (Fsp3) is 0.400. The monoisotopic (exact) mass is 480 g/mol. The van der Waals surface area contributed by atoms with Gasteiger partial charge in [-0.05, 0) is 56.0 Å². The van der Waals surface area contributed by atoms with Crippen LogP contribution in [0.25, 0.3) is 27.7 Å². The van der Waals surface area contributed by atoms with E-state index in [2.05, 4.69) is 4.98 Å². The van der Waals surface area contributed by atoms with Crippen LogP contribution in [0.5, 0.6) is 0 Å². The zero-order chi connectivity index (χ0) is 23.7. The third-order valence-corrected chi connectivity index (χ3v) is 7.68. The minimum Gasteiger partial charge on any atom is -0.464 e. The molecule has 4 aromatic rings. The van der Waals surface area contributed by atoms with Gasteiger partial charge in [-0.25, -0.2) is 4.98 Å². The van der Waals surface area contributed by atoms with Crippen LogP contribution in [-0.4, -0.2) is 48.7 Å². The average molecular weight is 481 g/mol. The van der Waals surface area contributed by atoms with Gasteiger partial charge in [0.05, 0.1) is 23.8 Å². The number of carbonyl (C=O) groups excluding carboxylic acids is 1. The molecule has 1 saturated heterocycles. The van der Waals surface area contributed by atoms with Crippen LogP contribution in [0.15, 0.2) is 52.1 Å². The molecule has 9 heteroatoms. The quantitative estimate of drug-likeness (QED) is 0.480. The Morgan fingerprint density at radius 3 is 2.68 bits per heavy atom. The van der Waals surface area contributed by atoms with Crippen molar-refractivity contribution in [3.63, 3.8) is 0 Å². The fourth-order valence-corrected chi connectivity index (χ4v) is 5.21. The van der Waals surface area contributed by atoms with E-state index in [0.717, 1.165) is 29.5 Å². The summed E-state index contributed by atoms with van der Waals surface area (Å²) in [6, 6.07) is 9.12. The summed E-state index contributed by atoms with van der Waals surface area (Å²) in [5, 5.41) is 12.9. The van der Waals surface area contributed by atoms with Gasteiger partial charge in [-0.1, -0.05) is 18.5 Å². The topological polar surface area (TPSA) is 93.5 Å². The highest BCUT2D eigenvalue weighted by Crippen LogP contribution is 2.47. The van der Waals surface area contributed by atoms with Crippen molar-refractivity contribution in [1.82, 2.24) is 19.0 Å². The molecule has 2 fully saturated rings. The van der Waals surface area contributed by atoms with Gasteiger partial charge in [-0.15, -0.1) is 0 Å². The SMILES string of the molecule is CC1(C(=O)N2CCC(O)(Cn3cnc4c(cc(Cl)n4-c4ccc5occc5c4)c3=O)CC2)CC1. The Balaban J connectivity index is 1.27. The maximum absolute atomic E-state index is 13.3. The van der Waals surface area contributed by atoms with Crippen molar-refractivity contribution in [2.45, 2.75) is 44.8 Å². The highest BCUT2D eigenvalue weighted by Gasteiger charge is 2.48. The van der Waals surface area contributed by atoms with E-state index in [0.29, 0.717) is 42.1 Å². The van der Waals surface area contributed by atoms with E-state index in [9.17, 15) is 14.7 Å². The van der Waals surface area contributed by atoms with Crippen LogP contribution < -0.4 is 5.56 Å². The molecule has 3 aromatic heterocycles. The molecule has 0 bridgehead atoms. The molecule has 0 radical (unpaired) electrons. The molecule has 8 nitrogen and oxygen atoms in total. The van der Waals surface area contributed by atoms with Crippen LogP contribution in [-0.2, 0) is 11.3 Å². The Morgan fingerprint density at radius 1 is 1.18 bits per heavy atom. The number of furan rings is 1. The lowest BCUT2D eigenvalue weighted by Crippen LogP contribution is -2.51. The molecule has 1 N–H and O–H groups in total. The number of piperidine rings is 1. The minimum atomic E-state index is -1.07. The van der Waals surface area contributed by atoms with Crippen LogP contribution >= 0.6 is 11.6 Å². The predicted octanol–water partition coefficient (Wildman–Crippen LogP) is 3.74. The summed E-state index contributed by atoms with van der Waals surface area (Å²) < 4.78 is 8.58. The van der Waals surface area contributed by atoms with Gasteiger partial charge in [0.15, 0.2) is 5.65 Å². The number of likely N-dealkylation sites (tertiary alicyclic amines) is 1.